The Balaban J connectivity index is 2.18. The van der Waals surface area contributed by atoms with Gasteiger partial charge in [-0.25, -0.2) is 4.39 Å². The minimum atomic E-state index is -0.162. The number of nitrogens with zero attached hydrogens (tertiary/aromatic N) is 1. The summed E-state index contributed by atoms with van der Waals surface area (Å²) in [4.78, 5) is 0. The lowest BCUT2D eigenvalue weighted by molar-refractivity contribution is 0.351. The molecule has 1 aromatic carbocycles. The van der Waals surface area contributed by atoms with E-state index in [4.69, 9.17) is 0 Å². The second-order valence-electron chi connectivity index (χ2n) is 3.74. The molecule has 3 heteroatoms. The van der Waals surface area contributed by atoms with Crippen LogP contribution >= 0.6 is 0 Å². The Hall–Kier alpha value is -1.35. The van der Waals surface area contributed by atoms with Crippen LogP contribution in [-0.4, -0.2) is 17.7 Å². The van der Waals surface area contributed by atoms with Crippen molar-refractivity contribution in [2.24, 2.45) is 0 Å². The van der Waals surface area contributed by atoms with Gasteiger partial charge in [-0.2, -0.15) is 0 Å². The Morgan fingerprint density at radius 1 is 1.29 bits per heavy atom. The van der Waals surface area contributed by atoms with Gasteiger partial charge >= 0.3 is 0 Å². The fourth-order valence-corrected chi connectivity index (χ4v) is 1.91. The summed E-state index contributed by atoms with van der Waals surface area (Å²) in [5, 5.41) is 4.32. The maximum absolute atomic E-state index is 13.1. The molecule has 72 valence electrons. The van der Waals surface area contributed by atoms with Gasteiger partial charge < -0.3 is 9.88 Å². The van der Waals surface area contributed by atoms with Crippen molar-refractivity contribution in [2.45, 2.75) is 6.04 Å². The van der Waals surface area contributed by atoms with Crippen LogP contribution < -0.4 is 5.32 Å². The highest BCUT2D eigenvalue weighted by molar-refractivity contribution is 5.80. The summed E-state index contributed by atoms with van der Waals surface area (Å²) in [5.74, 6) is -0.162. The molecule has 0 unspecified atom stereocenters. The van der Waals surface area contributed by atoms with E-state index in [9.17, 15) is 4.39 Å². The molecule has 2 heterocycles. The molecule has 1 aromatic heterocycles. The number of rotatable bonds is 1. The van der Waals surface area contributed by atoms with Crippen molar-refractivity contribution in [3.8, 4) is 0 Å². The molecule has 3 rings (SSSR count). The van der Waals surface area contributed by atoms with Crippen molar-refractivity contribution >= 4 is 10.9 Å². The Morgan fingerprint density at radius 3 is 2.86 bits per heavy atom. The standard InChI is InChI=1S/C11H11FN2/c12-9-2-1-8-3-4-14(11(8)5-9)10-6-13-7-10/h1-5,10,13H,6-7H2. The van der Waals surface area contributed by atoms with Crippen LogP contribution in [0.25, 0.3) is 10.9 Å². The number of hydrogen-bond donors (Lipinski definition) is 1. The first-order chi connectivity index (χ1) is 6.84. The molecule has 0 amide bonds. The van der Waals surface area contributed by atoms with Crippen LogP contribution in [0.4, 0.5) is 4.39 Å². The molecule has 0 bridgehead atoms. The molecule has 0 spiro atoms. The molecule has 0 atom stereocenters. The highest BCUT2D eigenvalue weighted by Gasteiger charge is 2.19. The van der Waals surface area contributed by atoms with Crippen molar-refractivity contribution in [2.75, 3.05) is 13.1 Å². The molecule has 0 saturated carbocycles. The van der Waals surface area contributed by atoms with E-state index in [2.05, 4.69) is 9.88 Å². The van der Waals surface area contributed by atoms with Crippen molar-refractivity contribution in [1.29, 1.82) is 0 Å². The number of aromatic nitrogens is 1. The molecule has 0 radical (unpaired) electrons. The van der Waals surface area contributed by atoms with Gasteiger partial charge in [0.05, 0.1) is 11.6 Å². The molecule has 2 nitrogen and oxygen atoms in total. The van der Waals surface area contributed by atoms with Gasteiger partial charge in [0.2, 0.25) is 0 Å². The average molecular weight is 190 g/mol. The predicted octanol–water partition coefficient (Wildman–Crippen LogP) is 1.92. The minimum Gasteiger partial charge on any atom is -0.342 e. The molecule has 1 aliphatic heterocycles. The van der Waals surface area contributed by atoms with Crippen LogP contribution in [0.15, 0.2) is 30.5 Å². The number of halogens is 1. The molecule has 1 fully saturated rings. The quantitative estimate of drug-likeness (QED) is 0.727. The first-order valence-electron chi connectivity index (χ1n) is 4.81. The van der Waals surface area contributed by atoms with Crippen LogP contribution in [0, 0.1) is 5.82 Å². The predicted molar refractivity (Wildman–Crippen MR) is 53.8 cm³/mol. The maximum atomic E-state index is 13.1. The van der Waals surface area contributed by atoms with Crippen molar-refractivity contribution in [1.82, 2.24) is 9.88 Å². The van der Waals surface area contributed by atoms with Crippen molar-refractivity contribution in [3.63, 3.8) is 0 Å². The van der Waals surface area contributed by atoms with E-state index in [1.807, 2.05) is 18.3 Å². The maximum Gasteiger partial charge on any atom is 0.125 e. The molecule has 1 N–H and O–H groups in total. The Kier molecular flexibility index (Phi) is 1.61. The fraction of sp³-hybridized carbons (Fsp3) is 0.273. The lowest BCUT2D eigenvalue weighted by Crippen LogP contribution is -2.43. The summed E-state index contributed by atoms with van der Waals surface area (Å²) < 4.78 is 15.2. The monoisotopic (exact) mass is 190 g/mol. The first kappa shape index (κ1) is 8.00. The van der Waals surface area contributed by atoms with Gasteiger partial charge in [0, 0.05) is 19.3 Å². The fourth-order valence-electron chi connectivity index (χ4n) is 1.91. The summed E-state index contributed by atoms with van der Waals surface area (Å²) in [5.41, 5.74) is 0.997. The van der Waals surface area contributed by atoms with E-state index >= 15 is 0 Å². The van der Waals surface area contributed by atoms with Gasteiger partial charge in [-0.3, -0.25) is 0 Å². The summed E-state index contributed by atoms with van der Waals surface area (Å²) in [6.45, 7) is 1.97. The third kappa shape index (κ3) is 1.06. The lowest BCUT2D eigenvalue weighted by Gasteiger charge is -2.29. The number of hydrogen-bond acceptors (Lipinski definition) is 1. The Morgan fingerprint density at radius 2 is 2.14 bits per heavy atom. The molecule has 1 saturated heterocycles. The van der Waals surface area contributed by atoms with Gasteiger partial charge in [-0.1, -0.05) is 0 Å². The van der Waals surface area contributed by atoms with Gasteiger partial charge in [-0.05, 0) is 29.7 Å². The third-order valence-electron chi connectivity index (χ3n) is 2.84. The highest BCUT2D eigenvalue weighted by Crippen LogP contribution is 2.22. The molecule has 14 heavy (non-hydrogen) atoms. The van der Waals surface area contributed by atoms with Gasteiger partial charge in [-0.15, -0.1) is 0 Å². The molecular weight excluding hydrogens is 179 g/mol. The zero-order chi connectivity index (χ0) is 9.54. The largest absolute Gasteiger partial charge is 0.342 e. The SMILES string of the molecule is Fc1ccc2ccn(C3CNC3)c2c1. The third-order valence-corrected chi connectivity index (χ3v) is 2.84. The minimum absolute atomic E-state index is 0.162. The zero-order valence-electron chi connectivity index (χ0n) is 7.70. The smallest absolute Gasteiger partial charge is 0.125 e. The van der Waals surface area contributed by atoms with E-state index in [0.29, 0.717) is 6.04 Å². The van der Waals surface area contributed by atoms with E-state index in [1.54, 1.807) is 6.07 Å². The topological polar surface area (TPSA) is 17.0 Å². The normalized spacial score (nSPS) is 17.2. The number of fused-ring (bicyclic) bond motifs is 1. The van der Waals surface area contributed by atoms with E-state index in [-0.39, 0.29) is 5.82 Å². The van der Waals surface area contributed by atoms with Gasteiger partial charge in [0.15, 0.2) is 0 Å². The van der Waals surface area contributed by atoms with E-state index in [0.717, 1.165) is 24.0 Å². The second-order valence-corrected chi connectivity index (χ2v) is 3.74. The summed E-state index contributed by atoms with van der Waals surface area (Å²) in [6.07, 6.45) is 2.04. The summed E-state index contributed by atoms with van der Waals surface area (Å²) >= 11 is 0. The summed E-state index contributed by atoms with van der Waals surface area (Å²) in [6, 6.07) is 7.47. The number of benzene rings is 1. The second kappa shape index (κ2) is 2.82. The molecule has 1 aliphatic rings. The van der Waals surface area contributed by atoms with Crippen LogP contribution in [0.3, 0.4) is 0 Å². The first-order valence-corrected chi connectivity index (χ1v) is 4.81. The van der Waals surface area contributed by atoms with E-state index < -0.39 is 0 Å². The molecule has 0 aliphatic carbocycles. The van der Waals surface area contributed by atoms with Crippen molar-refractivity contribution in [3.05, 3.63) is 36.3 Å². The van der Waals surface area contributed by atoms with Crippen molar-refractivity contribution < 1.29 is 4.39 Å². The van der Waals surface area contributed by atoms with E-state index in [1.165, 1.54) is 6.07 Å². The molecular formula is C11H11FN2. The van der Waals surface area contributed by atoms with Gasteiger partial charge in [0.25, 0.3) is 0 Å². The summed E-state index contributed by atoms with van der Waals surface area (Å²) in [7, 11) is 0. The van der Waals surface area contributed by atoms with Crippen LogP contribution in [0.5, 0.6) is 0 Å². The Labute approximate surface area is 81.3 Å². The van der Waals surface area contributed by atoms with Crippen LogP contribution in [0.2, 0.25) is 0 Å². The van der Waals surface area contributed by atoms with Crippen LogP contribution in [0.1, 0.15) is 6.04 Å². The number of nitrogens with one attached hydrogen (secondary N) is 1. The van der Waals surface area contributed by atoms with Crippen LogP contribution in [-0.2, 0) is 0 Å². The zero-order valence-corrected chi connectivity index (χ0v) is 7.70. The molecule has 2 aromatic rings. The van der Waals surface area contributed by atoms with Gasteiger partial charge in [0.1, 0.15) is 5.82 Å². The Bertz CT molecular complexity index is 471. The lowest BCUT2D eigenvalue weighted by atomic mass is 10.1. The highest BCUT2D eigenvalue weighted by atomic mass is 19.1. The average Bonchev–Trinajstić information content (AvgIpc) is 2.46.